The van der Waals surface area contributed by atoms with E-state index in [0.29, 0.717) is 6.61 Å². The summed E-state index contributed by atoms with van der Waals surface area (Å²) in [6, 6.07) is 3.94. The molecule has 0 saturated carbocycles. The summed E-state index contributed by atoms with van der Waals surface area (Å²) in [4.78, 5) is 0. The van der Waals surface area contributed by atoms with Gasteiger partial charge in [0.15, 0.2) is 0 Å². The van der Waals surface area contributed by atoms with Gasteiger partial charge in [0.1, 0.15) is 11.3 Å². The van der Waals surface area contributed by atoms with Gasteiger partial charge in [-0.3, -0.25) is 5.10 Å². The number of aromatic nitrogens is 2. The molecule has 0 amide bonds. The van der Waals surface area contributed by atoms with Crippen molar-refractivity contribution in [3.63, 3.8) is 0 Å². The van der Waals surface area contributed by atoms with Gasteiger partial charge < -0.3 is 4.74 Å². The third kappa shape index (κ3) is 1.54. The summed E-state index contributed by atoms with van der Waals surface area (Å²) >= 11 is 3.42. The molecule has 1 N–H and O–H groups in total. The highest BCUT2D eigenvalue weighted by atomic mass is 79.9. The van der Waals surface area contributed by atoms with Gasteiger partial charge >= 0.3 is 0 Å². The zero-order chi connectivity index (χ0) is 9.26. The molecule has 1 heterocycles. The van der Waals surface area contributed by atoms with Gasteiger partial charge in [0.05, 0.1) is 12.8 Å². The fourth-order valence-electron chi connectivity index (χ4n) is 1.26. The van der Waals surface area contributed by atoms with Crippen LogP contribution in [0.5, 0.6) is 5.75 Å². The van der Waals surface area contributed by atoms with Crippen LogP contribution in [0.1, 0.15) is 6.92 Å². The molecule has 0 radical (unpaired) electrons. The van der Waals surface area contributed by atoms with Crippen LogP contribution in [-0.4, -0.2) is 16.8 Å². The van der Waals surface area contributed by atoms with Crippen molar-refractivity contribution in [1.82, 2.24) is 10.2 Å². The molecular formula is C9H9BrN2O. The molecule has 0 saturated heterocycles. The van der Waals surface area contributed by atoms with Crippen LogP contribution in [0.4, 0.5) is 0 Å². The first-order valence-corrected chi connectivity index (χ1v) is 4.86. The number of H-pyrrole nitrogens is 1. The van der Waals surface area contributed by atoms with Crippen LogP contribution in [0.25, 0.3) is 10.9 Å². The SMILES string of the molecule is CCOc1cc(Br)cc2cn[nH]c12. The number of benzene rings is 1. The third-order valence-corrected chi connectivity index (χ3v) is 2.24. The van der Waals surface area contributed by atoms with E-state index in [4.69, 9.17) is 4.74 Å². The Kier molecular flexibility index (Phi) is 2.22. The number of hydrogen-bond donors (Lipinski definition) is 1. The maximum Gasteiger partial charge on any atom is 0.146 e. The van der Waals surface area contributed by atoms with E-state index in [1.807, 2.05) is 19.1 Å². The van der Waals surface area contributed by atoms with E-state index in [2.05, 4.69) is 26.1 Å². The summed E-state index contributed by atoms with van der Waals surface area (Å²) in [7, 11) is 0. The highest BCUT2D eigenvalue weighted by Crippen LogP contribution is 2.28. The fraction of sp³-hybridized carbons (Fsp3) is 0.222. The molecule has 68 valence electrons. The number of nitrogens with zero attached hydrogens (tertiary/aromatic N) is 1. The van der Waals surface area contributed by atoms with Crippen molar-refractivity contribution in [3.05, 3.63) is 22.8 Å². The summed E-state index contributed by atoms with van der Waals surface area (Å²) in [5.41, 5.74) is 0.949. The van der Waals surface area contributed by atoms with Gasteiger partial charge in [0.2, 0.25) is 0 Å². The second kappa shape index (κ2) is 3.38. The Labute approximate surface area is 84.2 Å². The largest absolute Gasteiger partial charge is 0.492 e. The van der Waals surface area contributed by atoms with Gasteiger partial charge in [-0.05, 0) is 19.1 Å². The normalized spacial score (nSPS) is 10.6. The van der Waals surface area contributed by atoms with Crippen molar-refractivity contribution >= 4 is 26.8 Å². The predicted molar refractivity (Wildman–Crippen MR) is 55.0 cm³/mol. The van der Waals surface area contributed by atoms with Crippen molar-refractivity contribution in [1.29, 1.82) is 0 Å². The molecule has 2 aromatic rings. The Balaban J connectivity index is 2.63. The Morgan fingerprint density at radius 2 is 2.38 bits per heavy atom. The molecule has 1 aromatic carbocycles. The average molecular weight is 241 g/mol. The summed E-state index contributed by atoms with van der Waals surface area (Å²) < 4.78 is 6.46. The van der Waals surface area contributed by atoms with Crippen molar-refractivity contribution in [2.75, 3.05) is 6.61 Å². The molecule has 0 aliphatic rings. The van der Waals surface area contributed by atoms with E-state index >= 15 is 0 Å². The first-order chi connectivity index (χ1) is 6.31. The van der Waals surface area contributed by atoms with E-state index in [-0.39, 0.29) is 0 Å². The molecule has 4 heteroatoms. The zero-order valence-corrected chi connectivity index (χ0v) is 8.76. The maximum absolute atomic E-state index is 5.46. The number of rotatable bonds is 2. The Morgan fingerprint density at radius 1 is 1.54 bits per heavy atom. The van der Waals surface area contributed by atoms with Gasteiger partial charge in [0, 0.05) is 9.86 Å². The van der Waals surface area contributed by atoms with Gasteiger partial charge in [-0.2, -0.15) is 5.10 Å². The van der Waals surface area contributed by atoms with E-state index < -0.39 is 0 Å². The van der Waals surface area contributed by atoms with E-state index in [0.717, 1.165) is 21.1 Å². The van der Waals surface area contributed by atoms with Gasteiger partial charge in [-0.1, -0.05) is 15.9 Å². The summed E-state index contributed by atoms with van der Waals surface area (Å²) in [5, 5.41) is 7.92. The summed E-state index contributed by atoms with van der Waals surface area (Å²) in [6.07, 6.45) is 1.78. The van der Waals surface area contributed by atoms with Crippen LogP contribution >= 0.6 is 15.9 Å². The van der Waals surface area contributed by atoms with Gasteiger partial charge in [-0.25, -0.2) is 0 Å². The molecule has 0 aliphatic carbocycles. The minimum absolute atomic E-state index is 0.657. The fourth-order valence-corrected chi connectivity index (χ4v) is 1.71. The molecule has 1 aromatic heterocycles. The lowest BCUT2D eigenvalue weighted by molar-refractivity contribution is 0.343. The lowest BCUT2D eigenvalue weighted by Crippen LogP contribution is -1.92. The van der Waals surface area contributed by atoms with Crippen LogP contribution in [0, 0.1) is 0 Å². The van der Waals surface area contributed by atoms with Crippen molar-refractivity contribution in [2.24, 2.45) is 0 Å². The second-order valence-corrected chi connectivity index (χ2v) is 3.59. The Bertz CT molecular complexity index is 424. The number of fused-ring (bicyclic) bond motifs is 1. The second-order valence-electron chi connectivity index (χ2n) is 2.67. The van der Waals surface area contributed by atoms with Crippen LogP contribution in [0.3, 0.4) is 0 Å². The molecule has 0 atom stereocenters. The molecule has 13 heavy (non-hydrogen) atoms. The highest BCUT2D eigenvalue weighted by molar-refractivity contribution is 9.10. The minimum atomic E-state index is 0.657. The van der Waals surface area contributed by atoms with Gasteiger partial charge in [-0.15, -0.1) is 0 Å². The molecule has 0 unspecified atom stereocenters. The molecule has 0 aliphatic heterocycles. The van der Waals surface area contributed by atoms with Crippen LogP contribution in [0.15, 0.2) is 22.8 Å². The maximum atomic E-state index is 5.46. The third-order valence-electron chi connectivity index (χ3n) is 1.78. The standard InChI is InChI=1S/C9H9BrN2O/c1-2-13-8-4-7(10)3-6-5-11-12-9(6)8/h3-5H,2H2,1H3,(H,11,12). The number of halogens is 1. The zero-order valence-electron chi connectivity index (χ0n) is 7.17. The monoisotopic (exact) mass is 240 g/mol. The predicted octanol–water partition coefficient (Wildman–Crippen LogP) is 2.72. The van der Waals surface area contributed by atoms with E-state index in [1.54, 1.807) is 6.20 Å². The minimum Gasteiger partial charge on any atom is -0.492 e. The van der Waals surface area contributed by atoms with Crippen molar-refractivity contribution in [3.8, 4) is 5.75 Å². The van der Waals surface area contributed by atoms with Crippen LogP contribution in [-0.2, 0) is 0 Å². The quantitative estimate of drug-likeness (QED) is 0.877. The van der Waals surface area contributed by atoms with Crippen LogP contribution in [0.2, 0.25) is 0 Å². The lowest BCUT2D eigenvalue weighted by Gasteiger charge is -2.04. The lowest BCUT2D eigenvalue weighted by atomic mass is 10.2. The first kappa shape index (κ1) is 8.56. The smallest absolute Gasteiger partial charge is 0.146 e. The van der Waals surface area contributed by atoms with Crippen molar-refractivity contribution in [2.45, 2.75) is 6.92 Å². The highest BCUT2D eigenvalue weighted by Gasteiger charge is 2.04. The number of nitrogens with one attached hydrogen (secondary N) is 1. The molecule has 0 spiro atoms. The molecule has 0 bridgehead atoms. The Morgan fingerprint density at radius 3 is 3.15 bits per heavy atom. The van der Waals surface area contributed by atoms with Gasteiger partial charge in [0.25, 0.3) is 0 Å². The first-order valence-electron chi connectivity index (χ1n) is 4.06. The average Bonchev–Trinajstić information content (AvgIpc) is 2.52. The summed E-state index contributed by atoms with van der Waals surface area (Å²) in [6.45, 7) is 2.62. The molecular weight excluding hydrogens is 232 g/mol. The molecule has 3 nitrogen and oxygen atoms in total. The van der Waals surface area contributed by atoms with E-state index in [9.17, 15) is 0 Å². The Hall–Kier alpha value is -1.03. The molecule has 0 fully saturated rings. The number of hydrogen-bond acceptors (Lipinski definition) is 2. The molecule has 2 rings (SSSR count). The number of ether oxygens (including phenoxy) is 1. The summed E-state index contributed by atoms with van der Waals surface area (Å²) in [5.74, 6) is 0.837. The topological polar surface area (TPSA) is 37.9 Å². The van der Waals surface area contributed by atoms with Crippen LogP contribution < -0.4 is 4.74 Å². The number of aromatic amines is 1. The van der Waals surface area contributed by atoms with E-state index in [1.165, 1.54) is 0 Å². The van der Waals surface area contributed by atoms with Crippen molar-refractivity contribution < 1.29 is 4.74 Å².